The molecule has 0 aliphatic heterocycles. The zero-order chi connectivity index (χ0) is 18.9. The fraction of sp³-hybridized carbons (Fsp3) is 0.421. The van der Waals surface area contributed by atoms with Crippen LogP contribution in [0.5, 0.6) is 5.88 Å². The van der Waals surface area contributed by atoms with Gasteiger partial charge in [-0.3, -0.25) is 0 Å². The van der Waals surface area contributed by atoms with Crippen molar-refractivity contribution < 1.29 is 18.3 Å². The lowest BCUT2D eigenvalue weighted by atomic mass is 9.76. The first-order valence-corrected chi connectivity index (χ1v) is 10.1. The number of methoxy groups -OCH3 is 1. The fourth-order valence-corrected chi connectivity index (χ4v) is 4.53. The number of sulfonamides is 1. The van der Waals surface area contributed by atoms with Gasteiger partial charge in [0.2, 0.25) is 15.9 Å². The van der Waals surface area contributed by atoms with Gasteiger partial charge in [-0.15, -0.1) is 0 Å². The molecule has 3 rings (SSSR count). The predicted octanol–water partition coefficient (Wildman–Crippen LogP) is 2.50. The van der Waals surface area contributed by atoms with Gasteiger partial charge in [-0.2, -0.15) is 0 Å². The largest absolute Gasteiger partial charge is 0.481 e. The van der Waals surface area contributed by atoms with Crippen LogP contribution in [-0.2, 0) is 10.0 Å². The third-order valence-corrected chi connectivity index (χ3v) is 6.46. The van der Waals surface area contributed by atoms with Gasteiger partial charge in [0.05, 0.1) is 24.2 Å². The van der Waals surface area contributed by atoms with E-state index >= 15 is 0 Å². The number of hydrogen-bond acceptors (Lipinski definition) is 5. The molecule has 0 saturated heterocycles. The lowest BCUT2D eigenvalue weighted by Gasteiger charge is -2.38. The number of aryl methyl sites for hydroxylation is 2. The summed E-state index contributed by atoms with van der Waals surface area (Å²) in [7, 11) is -2.16. The molecular formula is C19H24N2O4S. The van der Waals surface area contributed by atoms with Crippen molar-refractivity contribution in [3.63, 3.8) is 0 Å². The first-order valence-electron chi connectivity index (χ1n) is 8.58. The summed E-state index contributed by atoms with van der Waals surface area (Å²) in [5, 5.41) is 9.67. The maximum absolute atomic E-state index is 12.9. The molecule has 0 radical (unpaired) electrons. The van der Waals surface area contributed by atoms with Crippen molar-refractivity contribution in [2.24, 2.45) is 5.92 Å². The number of nitrogens with one attached hydrogen (secondary N) is 1. The summed E-state index contributed by atoms with van der Waals surface area (Å²) >= 11 is 0. The molecule has 2 aromatic rings. The summed E-state index contributed by atoms with van der Waals surface area (Å²) < 4.78 is 33.7. The second kappa shape index (κ2) is 7.34. The topological polar surface area (TPSA) is 88.5 Å². The van der Waals surface area contributed by atoms with Crippen LogP contribution in [0.15, 0.2) is 41.4 Å². The minimum absolute atomic E-state index is 0.0292. The van der Waals surface area contributed by atoms with Crippen LogP contribution in [0.1, 0.15) is 35.6 Å². The van der Waals surface area contributed by atoms with Crippen LogP contribution in [0.3, 0.4) is 0 Å². The van der Waals surface area contributed by atoms with Gasteiger partial charge in [0, 0.05) is 12.3 Å². The van der Waals surface area contributed by atoms with Crippen LogP contribution in [0.4, 0.5) is 0 Å². The van der Waals surface area contributed by atoms with Crippen molar-refractivity contribution in [3.05, 3.63) is 53.2 Å². The molecule has 1 atom stereocenters. The van der Waals surface area contributed by atoms with E-state index in [1.807, 2.05) is 19.9 Å². The Labute approximate surface area is 154 Å². The molecule has 0 spiro atoms. The van der Waals surface area contributed by atoms with Gasteiger partial charge in [-0.25, -0.2) is 18.1 Å². The van der Waals surface area contributed by atoms with Crippen molar-refractivity contribution in [1.82, 2.24) is 9.71 Å². The van der Waals surface area contributed by atoms with Gasteiger partial charge in [0.1, 0.15) is 0 Å². The summed E-state index contributed by atoms with van der Waals surface area (Å²) in [6.45, 7) is 3.84. The second-order valence-electron chi connectivity index (χ2n) is 6.86. The number of nitrogens with zero attached hydrogens (tertiary/aromatic N) is 1. The average Bonchev–Trinajstić information content (AvgIpc) is 2.59. The zero-order valence-electron chi connectivity index (χ0n) is 15.1. The van der Waals surface area contributed by atoms with E-state index in [9.17, 15) is 13.5 Å². The molecule has 1 aromatic heterocycles. The molecule has 7 heteroatoms. The molecule has 2 N–H and O–H groups in total. The lowest BCUT2D eigenvalue weighted by molar-refractivity contribution is 0.0279. The highest BCUT2D eigenvalue weighted by Gasteiger charge is 2.37. The Morgan fingerprint density at radius 3 is 2.46 bits per heavy atom. The summed E-state index contributed by atoms with van der Waals surface area (Å²) in [4.78, 5) is 4.43. The van der Waals surface area contributed by atoms with Crippen molar-refractivity contribution in [1.29, 1.82) is 0 Å². The smallest absolute Gasteiger partial charge is 0.241 e. The average molecular weight is 376 g/mol. The van der Waals surface area contributed by atoms with Crippen molar-refractivity contribution in [3.8, 4) is 5.88 Å². The monoisotopic (exact) mass is 376 g/mol. The molecule has 1 saturated carbocycles. The van der Waals surface area contributed by atoms with E-state index in [1.165, 1.54) is 7.11 Å². The molecule has 6 nitrogen and oxygen atoms in total. The maximum atomic E-state index is 12.9. The van der Waals surface area contributed by atoms with E-state index in [0.29, 0.717) is 18.7 Å². The summed E-state index contributed by atoms with van der Waals surface area (Å²) in [5.41, 5.74) is 2.73. The van der Waals surface area contributed by atoms with Crippen molar-refractivity contribution in [2.75, 3.05) is 7.11 Å². The Kier molecular flexibility index (Phi) is 5.32. The van der Waals surface area contributed by atoms with E-state index in [0.717, 1.165) is 16.7 Å². The van der Waals surface area contributed by atoms with Crippen molar-refractivity contribution in [2.45, 2.75) is 43.7 Å². The first kappa shape index (κ1) is 18.8. The number of rotatable bonds is 6. The molecule has 140 valence electrons. The van der Waals surface area contributed by atoms with Gasteiger partial charge in [-0.05, 0) is 61.4 Å². The quantitative estimate of drug-likeness (QED) is 0.809. The zero-order valence-corrected chi connectivity index (χ0v) is 16.0. The maximum Gasteiger partial charge on any atom is 0.241 e. The molecule has 0 amide bonds. The molecule has 1 unspecified atom stereocenters. The number of aromatic nitrogens is 1. The lowest BCUT2D eigenvalue weighted by Crippen LogP contribution is -2.41. The van der Waals surface area contributed by atoms with Crippen molar-refractivity contribution >= 4 is 10.0 Å². The summed E-state index contributed by atoms with van der Waals surface area (Å²) in [6, 6.07) is 8.18. The molecule has 0 bridgehead atoms. The number of pyridine rings is 1. The molecule has 1 aliphatic carbocycles. The minimum Gasteiger partial charge on any atom is -0.481 e. The first-order chi connectivity index (χ1) is 12.3. The van der Waals surface area contributed by atoms with E-state index in [2.05, 4.69) is 9.71 Å². The van der Waals surface area contributed by atoms with E-state index in [1.54, 1.807) is 30.5 Å². The highest BCUT2D eigenvalue weighted by Crippen LogP contribution is 2.39. The molecule has 26 heavy (non-hydrogen) atoms. The highest BCUT2D eigenvalue weighted by molar-refractivity contribution is 7.89. The number of hydrogen-bond donors (Lipinski definition) is 2. The van der Waals surface area contributed by atoms with Gasteiger partial charge < -0.3 is 9.84 Å². The number of aliphatic hydroxyl groups is 1. The van der Waals surface area contributed by atoms with E-state index < -0.39 is 16.1 Å². The Hall–Kier alpha value is -1.96. The van der Waals surface area contributed by atoms with Crippen LogP contribution in [0.25, 0.3) is 0 Å². The molecule has 1 heterocycles. The molecule has 1 fully saturated rings. The van der Waals surface area contributed by atoms with E-state index in [-0.39, 0.29) is 16.9 Å². The third-order valence-electron chi connectivity index (χ3n) is 5.02. The number of benzene rings is 1. The summed E-state index contributed by atoms with van der Waals surface area (Å²) in [6.07, 6.45) is 2.37. The van der Waals surface area contributed by atoms with Crippen LogP contribution in [-0.4, -0.2) is 31.7 Å². The Balaban J connectivity index is 1.90. The van der Waals surface area contributed by atoms with Gasteiger partial charge in [0.25, 0.3) is 0 Å². The highest BCUT2D eigenvalue weighted by atomic mass is 32.2. The minimum atomic E-state index is -3.69. The fourth-order valence-electron chi connectivity index (χ4n) is 3.15. The Morgan fingerprint density at radius 2 is 1.92 bits per heavy atom. The van der Waals surface area contributed by atoms with Gasteiger partial charge in [0.15, 0.2) is 0 Å². The molecular weight excluding hydrogens is 352 g/mol. The third kappa shape index (κ3) is 3.90. The Bertz CT molecular complexity index is 875. The SMILES string of the molecule is COc1ccc(C(NS(=O)(=O)c2ccc(C)c(C)c2)C2CC(O)C2)cn1. The standard InChI is InChI=1S/C19H24N2O4S/c1-12-4-6-17(8-13(12)2)26(23,24)21-19(15-9-16(22)10-15)14-5-7-18(25-3)20-11-14/h4-8,11,15-16,19,21-22H,9-10H2,1-3H3. The molecule has 1 aromatic carbocycles. The van der Waals surface area contributed by atoms with Crippen LogP contribution in [0.2, 0.25) is 0 Å². The molecule has 1 aliphatic rings. The Morgan fingerprint density at radius 1 is 1.19 bits per heavy atom. The van der Waals surface area contributed by atoms with Crippen LogP contribution in [0, 0.1) is 19.8 Å². The van der Waals surface area contributed by atoms with Gasteiger partial charge in [-0.1, -0.05) is 12.1 Å². The van der Waals surface area contributed by atoms with Crippen LogP contribution >= 0.6 is 0 Å². The number of aliphatic hydroxyl groups excluding tert-OH is 1. The number of ether oxygens (including phenoxy) is 1. The van der Waals surface area contributed by atoms with E-state index in [4.69, 9.17) is 4.74 Å². The normalized spacial score (nSPS) is 21.1. The van der Waals surface area contributed by atoms with Gasteiger partial charge >= 0.3 is 0 Å². The summed E-state index contributed by atoms with van der Waals surface area (Å²) in [5.74, 6) is 0.500. The predicted molar refractivity (Wildman–Crippen MR) is 98.5 cm³/mol. The second-order valence-corrected chi connectivity index (χ2v) is 8.58. The van der Waals surface area contributed by atoms with Crippen LogP contribution < -0.4 is 9.46 Å².